The van der Waals surface area contributed by atoms with Gasteiger partial charge in [-0.2, -0.15) is 0 Å². The second kappa shape index (κ2) is 13.1. The molecule has 1 aliphatic carbocycles. The summed E-state index contributed by atoms with van der Waals surface area (Å²) in [6.45, 7) is 0. The van der Waals surface area contributed by atoms with Gasteiger partial charge in [0.1, 0.15) is 0 Å². The summed E-state index contributed by atoms with van der Waals surface area (Å²) in [5, 5.41) is 29.5. The van der Waals surface area contributed by atoms with Crippen molar-refractivity contribution >= 4 is 0 Å². The topological polar surface area (TPSA) is 184 Å². The molecule has 10 nitrogen and oxygen atoms in total. The van der Waals surface area contributed by atoms with Gasteiger partial charge in [0.05, 0.1) is 10.2 Å². The first-order chi connectivity index (χ1) is 7.27. The van der Waals surface area contributed by atoms with Crippen LogP contribution in [0.5, 0.6) is 0 Å². The molecule has 0 unspecified atom stereocenters. The van der Waals surface area contributed by atoms with E-state index in [1.54, 1.807) is 0 Å². The van der Waals surface area contributed by atoms with Gasteiger partial charge in [0.25, 0.3) is 0 Å². The average molecular weight is 433 g/mol. The van der Waals surface area contributed by atoms with Crippen molar-refractivity contribution in [3.63, 3.8) is 0 Å². The summed E-state index contributed by atoms with van der Waals surface area (Å²) >= 11 is 0. The second-order valence-corrected chi connectivity index (χ2v) is 3.06. The van der Waals surface area contributed by atoms with Crippen LogP contribution in [-0.2, 0) is 21.1 Å². The molecule has 0 aliphatic heterocycles. The van der Waals surface area contributed by atoms with Gasteiger partial charge < -0.3 is 42.1 Å². The summed E-state index contributed by atoms with van der Waals surface area (Å²) < 4.78 is 0. The van der Waals surface area contributed by atoms with Crippen LogP contribution in [0, 0.1) is 30.6 Å². The summed E-state index contributed by atoms with van der Waals surface area (Å²) in [5.41, 5.74) is 11.3. The fourth-order valence-corrected chi connectivity index (χ4v) is 1.19. The molecule has 17 heavy (non-hydrogen) atoms. The smallest absolute Gasteiger partial charge is 0.356 e. The summed E-state index contributed by atoms with van der Waals surface area (Å²) in [6, 6.07) is 0.562. The molecule has 11 heteroatoms. The fraction of sp³-hybridized carbons (Fsp3) is 1.00. The molecule has 1 aliphatic rings. The zero-order chi connectivity index (χ0) is 13.1. The van der Waals surface area contributed by atoms with Gasteiger partial charge in [-0.15, -0.1) is 0 Å². The van der Waals surface area contributed by atoms with E-state index in [1.165, 1.54) is 12.8 Å². The van der Waals surface area contributed by atoms with E-state index in [2.05, 4.69) is 0 Å². The molecular weight excluding hydrogens is 419 g/mol. The van der Waals surface area contributed by atoms with Gasteiger partial charge in [-0.25, -0.2) is 0 Å². The first-order valence-electron chi connectivity index (χ1n) is 4.41. The van der Waals surface area contributed by atoms with Gasteiger partial charge in [-0.05, 0) is 12.8 Å². The van der Waals surface area contributed by atoms with E-state index in [0.29, 0.717) is 0 Å². The molecule has 1 saturated carbocycles. The van der Waals surface area contributed by atoms with Gasteiger partial charge in [-0.1, -0.05) is 12.8 Å². The molecule has 0 radical (unpaired) electrons. The van der Waals surface area contributed by atoms with Crippen molar-refractivity contribution in [2.75, 3.05) is 0 Å². The minimum Gasteiger partial charge on any atom is -0.356 e. The maximum Gasteiger partial charge on any atom is 2.00 e. The molecule has 4 N–H and O–H groups in total. The Hall–Kier alpha value is -0.992. The molecule has 1 fully saturated rings. The second-order valence-electron chi connectivity index (χ2n) is 3.06. The molecule has 2 atom stereocenters. The van der Waals surface area contributed by atoms with Crippen molar-refractivity contribution in [2.45, 2.75) is 37.8 Å². The predicted molar refractivity (Wildman–Crippen MR) is 55.1 cm³/mol. The van der Waals surface area contributed by atoms with Crippen LogP contribution >= 0.6 is 0 Å². The van der Waals surface area contributed by atoms with Crippen molar-refractivity contribution in [1.82, 2.24) is 0 Å². The molecule has 0 bridgehead atoms. The maximum absolute atomic E-state index is 8.25. The van der Waals surface area contributed by atoms with Gasteiger partial charge >= 0.3 is 21.1 Å². The number of hydrogen-bond donors (Lipinski definition) is 2. The Morgan fingerprint density at radius 1 is 0.824 bits per heavy atom. The molecule has 0 spiro atoms. The summed E-state index contributed by atoms with van der Waals surface area (Å²) in [5.74, 6) is 0. The van der Waals surface area contributed by atoms with E-state index in [0.717, 1.165) is 12.8 Å². The molecule has 104 valence electrons. The van der Waals surface area contributed by atoms with E-state index in [1.807, 2.05) is 0 Å². The van der Waals surface area contributed by atoms with Crippen LogP contribution in [0.15, 0.2) is 0 Å². The standard InChI is InChI=1S/C6H14N2.2NO3.Pt/c7-5-3-1-2-4-6(5)8;2*2-1(3)4;/h5-6H,1-4,7-8H2;;;/q;2*-1;+2/t5-,6+;;;. The fourth-order valence-electron chi connectivity index (χ4n) is 1.19. The van der Waals surface area contributed by atoms with Crippen molar-refractivity contribution in [1.29, 1.82) is 0 Å². The normalized spacial score (nSPS) is 21.5. The first-order valence-corrected chi connectivity index (χ1v) is 4.41. The maximum atomic E-state index is 8.25. The first kappa shape index (κ1) is 21.3. The van der Waals surface area contributed by atoms with Crippen molar-refractivity contribution < 1.29 is 31.2 Å². The zero-order valence-electron chi connectivity index (χ0n) is 8.80. The number of nitrogens with zero attached hydrogens (tertiary/aromatic N) is 2. The monoisotopic (exact) mass is 433 g/mol. The third-order valence-electron chi connectivity index (χ3n) is 1.87. The summed E-state index contributed by atoms with van der Waals surface area (Å²) in [7, 11) is 0. The Labute approximate surface area is 111 Å². The van der Waals surface area contributed by atoms with Crippen molar-refractivity contribution in [3.05, 3.63) is 30.6 Å². The van der Waals surface area contributed by atoms with Crippen molar-refractivity contribution in [2.24, 2.45) is 11.5 Å². The molecule has 0 aromatic heterocycles. The van der Waals surface area contributed by atoms with Crippen molar-refractivity contribution in [3.8, 4) is 0 Å². The molecule has 1 rings (SSSR count). The summed E-state index contributed by atoms with van der Waals surface area (Å²) in [6.07, 6.45) is 4.80. The van der Waals surface area contributed by atoms with Crippen LogP contribution in [-0.4, -0.2) is 22.3 Å². The molecule has 0 aromatic rings. The number of rotatable bonds is 0. The quantitative estimate of drug-likeness (QED) is 0.386. The van der Waals surface area contributed by atoms with Crippen LogP contribution in [0.4, 0.5) is 0 Å². The van der Waals surface area contributed by atoms with Crippen LogP contribution in [0.1, 0.15) is 25.7 Å². The van der Waals surface area contributed by atoms with E-state index < -0.39 is 10.2 Å². The van der Waals surface area contributed by atoms with E-state index in [-0.39, 0.29) is 33.1 Å². The Morgan fingerprint density at radius 3 is 1.12 bits per heavy atom. The average Bonchev–Trinajstić information content (AvgIpc) is 2.08. The summed E-state index contributed by atoms with van der Waals surface area (Å²) in [4.78, 5) is 16.5. The van der Waals surface area contributed by atoms with E-state index >= 15 is 0 Å². The minimum absolute atomic E-state index is 0. The number of hydrogen-bond acceptors (Lipinski definition) is 8. The predicted octanol–water partition coefficient (Wildman–Crippen LogP) is -0.266. The van der Waals surface area contributed by atoms with E-state index in [4.69, 9.17) is 42.1 Å². The third kappa shape index (κ3) is 25.4. The largest absolute Gasteiger partial charge is 2.00 e. The molecule has 0 heterocycles. The Kier molecular flexibility index (Phi) is 16.4. The Balaban J connectivity index is -0.000000189. The van der Waals surface area contributed by atoms with Gasteiger partial charge in [0, 0.05) is 12.1 Å². The van der Waals surface area contributed by atoms with Crippen LogP contribution in [0.25, 0.3) is 0 Å². The van der Waals surface area contributed by atoms with Gasteiger partial charge in [0.15, 0.2) is 0 Å². The van der Waals surface area contributed by atoms with Gasteiger partial charge in [-0.3, -0.25) is 0 Å². The van der Waals surface area contributed by atoms with E-state index in [9.17, 15) is 0 Å². The molecule has 0 aromatic carbocycles. The SMILES string of the molecule is N[C@@H]1CCCC[C@@H]1N.O=[N+]([O-])[O-].O=[N+]([O-])[O-].[Pt+2]. The van der Waals surface area contributed by atoms with Crippen LogP contribution < -0.4 is 11.5 Å². The third-order valence-corrected chi connectivity index (χ3v) is 1.87. The van der Waals surface area contributed by atoms with Crippen LogP contribution in [0.2, 0.25) is 0 Å². The molecule has 0 amide bonds. The van der Waals surface area contributed by atoms with Gasteiger partial charge in [0.2, 0.25) is 0 Å². The molecular formula is C6H14N4O6Pt. The number of nitrogens with two attached hydrogens (primary N) is 2. The van der Waals surface area contributed by atoms with Crippen LogP contribution in [0.3, 0.4) is 0 Å². The Bertz CT molecular complexity index is 189. The minimum atomic E-state index is -1.75. The zero-order valence-corrected chi connectivity index (χ0v) is 11.1. The molecule has 0 saturated heterocycles. The Morgan fingerprint density at radius 2 is 1.00 bits per heavy atom.